The third-order valence-corrected chi connectivity index (χ3v) is 7.01. The molecule has 16 heteroatoms. The second kappa shape index (κ2) is 13.0. The summed E-state index contributed by atoms with van der Waals surface area (Å²) in [6.07, 6.45) is 3.22. The summed E-state index contributed by atoms with van der Waals surface area (Å²) in [7, 11) is 0. The van der Waals surface area contributed by atoms with Crippen molar-refractivity contribution in [3.8, 4) is 0 Å². The molecule has 2 fully saturated rings. The van der Waals surface area contributed by atoms with Gasteiger partial charge in [-0.15, -0.1) is 0 Å². The highest BCUT2D eigenvalue weighted by molar-refractivity contribution is 5.95. The molecule has 0 saturated carbocycles. The van der Waals surface area contributed by atoms with Crippen LogP contribution in [0.5, 0.6) is 0 Å². The summed E-state index contributed by atoms with van der Waals surface area (Å²) in [6.45, 7) is -0.852. The van der Waals surface area contributed by atoms with E-state index in [0.29, 0.717) is 5.78 Å². The minimum absolute atomic E-state index is 0.0290. The minimum atomic E-state index is -0.893. The van der Waals surface area contributed by atoms with E-state index in [2.05, 4.69) is 20.0 Å². The number of hydrogen-bond acceptors (Lipinski definition) is 9. The van der Waals surface area contributed by atoms with Gasteiger partial charge in [0.15, 0.2) is 11.6 Å². The first kappa shape index (κ1) is 29.6. The number of ether oxygens (including phenoxy) is 2. The van der Waals surface area contributed by atoms with Crippen LogP contribution in [-0.4, -0.2) is 102 Å². The Morgan fingerprint density at radius 1 is 1.12 bits per heavy atom. The number of halogens is 3. The number of benzene rings is 1. The van der Waals surface area contributed by atoms with Gasteiger partial charge in [0.25, 0.3) is 5.91 Å². The molecule has 228 valence electrons. The van der Waals surface area contributed by atoms with Crippen molar-refractivity contribution in [1.29, 1.82) is 0 Å². The fourth-order valence-corrected chi connectivity index (χ4v) is 4.87. The van der Waals surface area contributed by atoms with E-state index in [4.69, 9.17) is 4.74 Å². The number of fused-ring (bicyclic) bond motifs is 1. The standard InChI is InChI=1S/C27H28F3N7O6/c28-4-11-42-23(39)3-2-18-15-37(27(41)43-18)17-12-19(29)24(20(30)13-17)35-9-7-34(8-10-35)22(38)14-32-25(40)21-16-36-6-1-5-31-26(36)33-21/h1,5-6,12-13,16,18H,2-4,7-11,14-15H2,(H,32,40)/t18-/m0/s1. The Morgan fingerprint density at radius 2 is 1.86 bits per heavy atom. The molecule has 2 aliphatic rings. The Bertz CT molecular complexity index is 1470. The van der Waals surface area contributed by atoms with Gasteiger partial charge in [0.05, 0.1) is 18.8 Å². The van der Waals surface area contributed by atoms with Crippen LogP contribution in [0.2, 0.25) is 0 Å². The first-order valence-corrected chi connectivity index (χ1v) is 13.5. The summed E-state index contributed by atoms with van der Waals surface area (Å²) < 4.78 is 53.9. The molecule has 5 rings (SSSR count). The molecule has 3 aromatic rings. The van der Waals surface area contributed by atoms with E-state index in [1.54, 1.807) is 22.9 Å². The number of aromatic nitrogens is 3. The Balaban J connectivity index is 1.12. The fourth-order valence-electron chi connectivity index (χ4n) is 4.87. The molecule has 1 atom stereocenters. The van der Waals surface area contributed by atoms with Crippen LogP contribution in [0.4, 0.5) is 29.3 Å². The van der Waals surface area contributed by atoms with Gasteiger partial charge in [-0.2, -0.15) is 0 Å². The third kappa shape index (κ3) is 6.79. The highest BCUT2D eigenvalue weighted by Crippen LogP contribution is 2.32. The Morgan fingerprint density at radius 3 is 2.56 bits per heavy atom. The molecule has 2 aliphatic heterocycles. The van der Waals surface area contributed by atoms with Gasteiger partial charge in [-0.25, -0.2) is 27.9 Å². The number of carbonyl (C=O) groups is 4. The van der Waals surface area contributed by atoms with Crippen LogP contribution in [0.25, 0.3) is 5.78 Å². The number of nitrogens with zero attached hydrogens (tertiary/aromatic N) is 6. The zero-order chi connectivity index (χ0) is 30.5. The van der Waals surface area contributed by atoms with Crippen LogP contribution in [0.15, 0.2) is 36.8 Å². The maximum absolute atomic E-state index is 15.2. The lowest BCUT2D eigenvalue weighted by Crippen LogP contribution is -2.51. The summed E-state index contributed by atoms with van der Waals surface area (Å²) in [5, 5.41) is 2.53. The molecule has 0 spiro atoms. The van der Waals surface area contributed by atoms with E-state index in [1.807, 2.05) is 0 Å². The average Bonchev–Trinajstić information content (AvgIpc) is 3.61. The van der Waals surface area contributed by atoms with Gasteiger partial charge in [-0.3, -0.25) is 23.7 Å². The van der Waals surface area contributed by atoms with Crippen LogP contribution in [0.3, 0.4) is 0 Å². The molecule has 1 aromatic carbocycles. The van der Waals surface area contributed by atoms with Crippen molar-refractivity contribution in [2.24, 2.45) is 0 Å². The number of anilines is 2. The number of amides is 3. The quantitative estimate of drug-likeness (QED) is 0.343. The molecule has 0 unspecified atom stereocenters. The SMILES string of the molecule is O=C(CC[C@H]1CN(c2cc(F)c(N3CCN(C(=O)CNC(=O)c4cn5cccnc5n4)CC3)c(F)c2)C(=O)O1)OCCF. The minimum Gasteiger partial charge on any atom is -0.463 e. The van der Waals surface area contributed by atoms with Gasteiger partial charge >= 0.3 is 12.1 Å². The first-order valence-electron chi connectivity index (χ1n) is 13.5. The van der Waals surface area contributed by atoms with Gasteiger partial charge < -0.3 is 24.6 Å². The molecule has 0 radical (unpaired) electrons. The Hall–Kier alpha value is -4.89. The number of carbonyl (C=O) groups excluding carboxylic acids is 4. The lowest BCUT2D eigenvalue weighted by molar-refractivity contribution is -0.144. The van der Waals surface area contributed by atoms with E-state index in [9.17, 15) is 23.6 Å². The van der Waals surface area contributed by atoms with Crippen molar-refractivity contribution in [1.82, 2.24) is 24.6 Å². The normalized spacial score (nSPS) is 16.9. The summed E-state index contributed by atoms with van der Waals surface area (Å²) in [5.74, 6) is -2.97. The summed E-state index contributed by atoms with van der Waals surface area (Å²) in [4.78, 5) is 61.2. The first-order chi connectivity index (χ1) is 20.7. The maximum atomic E-state index is 15.2. The molecule has 1 N–H and O–H groups in total. The van der Waals surface area contributed by atoms with Gasteiger partial charge in [0.1, 0.15) is 30.8 Å². The molecular formula is C27H28F3N7O6. The number of rotatable bonds is 10. The molecule has 13 nitrogen and oxygen atoms in total. The molecule has 0 aliphatic carbocycles. The Labute approximate surface area is 243 Å². The largest absolute Gasteiger partial charge is 0.463 e. The molecular weight excluding hydrogens is 575 g/mol. The number of cyclic esters (lactones) is 1. The average molecular weight is 604 g/mol. The maximum Gasteiger partial charge on any atom is 0.414 e. The number of imidazole rings is 1. The predicted molar refractivity (Wildman–Crippen MR) is 144 cm³/mol. The fraction of sp³-hybridized carbons (Fsp3) is 0.407. The smallest absolute Gasteiger partial charge is 0.414 e. The van der Waals surface area contributed by atoms with Crippen LogP contribution in [-0.2, 0) is 19.1 Å². The number of hydrogen-bond donors (Lipinski definition) is 1. The zero-order valence-corrected chi connectivity index (χ0v) is 22.9. The molecule has 43 heavy (non-hydrogen) atoms. The van der Waals surface area contributed by atoms with Crippen molar-refractivity contribution < 1.29 is 41.8 Å². The molecule has 2 aromatic heterocycles. The van der Waals surface area contributed by atoms with Gasteiger partial charge in [0, 0.05) is 63.3 Å². The van der Waals surface area contributed by atoms with Crippen molar-refractivity contribution >= 4 is 41.0 Å². The van der Waals surface area contributed by atoms with Gasteiger partial charge in [-0.05, 0) is 12.5 Å². The van der Waals surface area contributed by atoms with Crippen molar-refractivity contribution in [3.05, 3.63) is 54.1 Å². The second-order valence-corrected chi connectivity index (χ2v) is 9.83. The van der Waals surface area contributed by atoms with E-state index in [0.717, 1.165) is 17.0 Å². The molecule has 3 amide bonds. The van der Waals surface area contributed by atoms with Crippen LogP contribution in [0, 0.1) is 11.6 Å². The van der Waals surface area contributed by atoms with E-state index in [-0.39, 0.29) is 81.7 Å². The van der Waals surface area contributed by atoms with Gasteiger partial charge in [-0.1, -0.05) is 0 Å². The third-order valence-electron chi connectivity index (χ3n) is 7.01. The highest BCUT2D eigenvalue weighted by atomic mass is 19.1. The molecule has 4 heterocycles. The van der Waals surface area contributed by atoms with E-state index >= 15 is 8.78 Å². The van der Waals surface area contributed by atoms with Gasteiger partial charge in [0.2, 0.25) is 11.7 Å². The molecule has 0 bridgehead atoms. The summed E-state index contributed by atoms with van der Waals surface area (Å²) in [6, 6.07) is 3.74. The van der Waals surface area contributed by atoms with Crippen molar-refractivity contribution in [2.45, 2.75) is 18.9 Å². The van der Waals surface area contributed by atoms with Crippen LogP contribution >= 0.6 is 0 Å². The number of esters is 1. The Kier molecular flexibility index (Phi) is 8.92. The van der Waals surface area contributed by atoms with Crippen LogP contribution < -0.4 is 15.1 Å². The number of nitrogens with one attached hydrogen (secondary N) is 1. The van der Waals surface area contributed by atoms with Crippen molar-refractivity contribution in [3.63, 3.8) is 0 Å². The second-order valence-electron chi connectivity index (χ2n) is 9.83. The molecule has 2 saturated heterocycles. The van der Waals surface area contributed by atoms with E-state index < -0.39 is 42.4 Å². The van der Waals surface area contributed by atoms with Crippen LogP contribution in [0.1, 0.15) is 23.3 Å². The number of piperazine rings is 1. The lowest BCUT2D eigenvalue weighted by atomic mass is 10.1. The predicted octanol–water partition coefficient (Wildman–Crippen LogP) is 1.70. The topological polar surface area (TPSA) is 139 Å². The highest BCUT2D eigenvalue weighted by Gasteiger charge is 2.34. The summed E-state index contributed by atoms with van der Waals surface area (Å²) >= 11 is 0. The monoisotopic (exact) mass is 603 g/mol. The zero-order valence-electron chi connectivity index (χ0n) is 22.9. The lowest BCUT2D eigenvalue weighted by Gasteiger charge is -2.36. The summed E-state index contributed by atoms with van der Waals surface area (Å²) in [5.41, 5.74) is -0.222. The van der Waals surface area contributed by atoms with E-state index in [1.165, 1.54) is 16.0 Å². The number of alkyl halides is 1. The van der Waals surface area contributed by atoms with Crippen molar-refractivity contribution in [2.75, 3.05) is 62.3 Å².